The van der Waals surface area contributed by atoms with Crippen LogP contribution in [0.4, 0.5) is 0 Å². The molecule has 11 aliphatic rings. The van der Waals surface area contributed by atoms with E-state index in [0.717, 1.165) is 94.7 Å². The molecule has 6 aromatic rings. The summed E-state index contributed by atoms with van der Waals surface area (Å²) < 4.78 is 66.0. The van der Waals surface area contributed by atoms with Gasteiger partial charge in [-0.05, 0) is 256 Å². The number of aryl methyl sites for hydroxylation is 1. The highest BCUT2D eigenvalue weighted by molar-refractivity contribution is 5.92. The van der Waals surface area contributed by atoms with Crippen molar-refractivity contribution in [2.24, 2.45) is 105 Å². The van der Waals surface area contributed by atoms with Gasteiger partial charge in [-0.2, -0.15) is 0 Å². The molecule has 4 bridgehead atoms. The van der Waals surface area contributed by atoms with E-state index >= 15 is 0 Å². The molecule has 770 valence electrons. The zero-order chi connectivity index (χ0) is 102. The number of aliphatic carboxylic acids is 1. The third kappa shape index (κ3) is 24.3. The Labute approximate surface area is 836 Å². The van der Waals surface area contributed by atoms with Gasteiger partial charge in [0.05, 0.1) is 111 Å². The summed E-state index contributed by atoms with van der Waals surface area (Å²) >= 11 is 0. The number of likely N-dealkylation sites (tertiary alicyclic amines) is 1. The van der Waals surface area contributed by atoms with E-state index in [4.69, 9.17) is 77.0 Å². The highest BCUT2D eigenvalue weighted by Gasteiger charge is 2.60. The van der Waals surface area contributed by atoms with Crippen LogP contribution >= 0.6 is 0 Å². The summed E-state index contributed by atoms with van der Waals surface area (Å²) in [6, 6.07) is 13.5. The molecule has 5 aliphatic heterocycles. The summed E-state index contributed by atoms with van der Waals surface area (Å²) in [5.41, 5.74) is 2.35. The molecular weight excluding hydrogens is 1810 g/mol. The lowest BCUT2D eigenvalue weighted by Crippen LogP contribution is -2.50. The van der Waals surface area contributed by atoms with Crippen molar-refractivity contribution in [1.29, 1.82) is 0 Å². The fourth-order valence-corrected chi connectivity index (χ4v) is 23.5. The van der Waals surface area contributed by atoms with Crippen molar-refractivity contribution in [3.63, 3.8) is 0 Å². The SMILES string of the molecule is C=CCCC[C@H]1[C@@H]2C[C@@H]2C[C@@H]1OC(=O)C[C@H](C(=O)N1C[C@H](Oc2nc3cc(OC)ccc3nc2C=C)[C@@H](C)[C@H]1C(=O)OC(C)(C)C)C(C)(C)C.COc1ccc2nc3c(nc2c1)O[C@H]1CN(C(=O)[C@H](C(C)(C)C)CC(=O)O[C@@H]2C[C@@H]4C[C@@H]4[C@H]2CCC/C=C/3)[C@H](C(=O)OC(C)(C)C)[C@@H]1C.COc1ccc2nc3c(nc2c1)O[C@H]1CN(C(=O)[C@H](C(C)(C)C)CC(=O)O[C@@H]2C[C@@H]4C[C@@H]4[C@H]2CCCCC3)[C@H](C(=O)O)[C@@H]1C. The molecule has 3 amide bonds. The number of hydrogen-bond donors (Lipinski definition) is 1. The number of carboxylic acids is 1. The molecule has 30 nitrogen and oxygen atoms in total. The summed E-state index contributed by atoms with van der Waals surface area (Å²) in [6.07, 6.45) is 21.9. The Kier molecular flexibility index (Phi) is 31.6. The van der Waals surface area contributed by atoms with E-state index < -0.39 is 117 Å². The number of methoxy groups -OCH3 is 3. The lowest BCUT2D eigenvalue weighted by molar-refractivity contribution is -0.167. The van der Waals surface area contributed by atoms with Crippen LogP contribution < -0.4 is 28.4 Å². The number of amides is 3. The Bertz CT molecular complexity index is 5730. The maximum atomic E-state index is 14.6. The lowest BCUT2D eigenvalue weighted by Gasteiger charge is -2.35. The van der Waals surface area contributed by atoms with Crippen molar-refractivity contribution >= 4 is 98.8 Å². The van der Waals surface area contributed by atoms with Crippen LogP contribution in [0.2, 0.25) is 0 Å². The van der Waals surface area contributed by atoms with E-state index in [-0.39, 0.29) is 98.7 Å². The van der Waals surface area contributed by atoms with Gasteiger partial charge in [-0.15, -0.1) is 6.58 Å². The summed E-state index contributed by atoms with van der Waals surface area (Å²) in [4.78, 5) is 158. The van der Waals surface area contributed by atoms with Crippen molar-refractivity contribution in [2.75, 3.05) is 41.0 Å². The molecule has 6 saturated carbocycles. The monoisotopic (exact) mass is 1960 g/mol. The van der Waals surface area contributed by atoms with Gasteiger partial charge in [-0.1, -0.05) is 115 Å². The standard InChI is InChI=1S/C40H55N3O7.C38H51N3O7.C34H45N3O7/c1-11-13-14-15-26-27-18-24(27)19-32(26)48-34(44)21-28(39(4,5)6)37(45)43-22-33(23(3)35(43)38(46)50-40(7,8)9)49-36-29(12-2)41-30-17-16-25(47-10)20-31(30)42-36;1-21-31-20-41(33(21)36(44)48-38(5,6)7)35(43)26(37(2,3)4)19-32(42)46-30-17-22-16-25(22)24(30)12-10-9-11-13-28-34(47-31)40-29-18-23(45-8)14-15-27(29)39-28;1-18-28-17-37(30(18)33(40)41)32(39)23(34(2,3)4)16-29(38)43-27-14-19-13-22(19)21(27)9-7-6-8-10-25-31(44-28)36-26-15-20(42-5)11-12-24(26)35-25/h11-12,16-17,20,23-24,26-28,32-33,35H,1-2,13-15,18-19,21-22H2,3-10H3;11,13-15,18,21-22,24-26,30-31,33H,9-10,12,16-17,19-20H2,1-8H3;11-12,15,18-19,21-23,27-28,30H,6-10,13-14,16-17H2,1-5H3,(H,40,41)/b;13-11+;/t23-,24-,26+,27-,28-,32+,33+,35+;21-,22+,24-,25+,26-,30-,31+,33+;18-,19+,21-,22+,23-,27-,28+,30+/m111/s1. The number of carbonyl (C=O) groups excluding carboxylic acids is 8. The lowest BCUT2D eigenvalue weighted by atomic mass is 9.77. The van der Waals surface area contributed by atoms with Gasteiger partial charge in [-0.25, -0.2) is 44.3 Å². The Morgan fingerprint density at radius 2 is 1.02 bits per heavy atom. The number of carbonyl (C=O) groups is 9. The van der Waals surface area contributed by atoms with Crippen molar-refractivity contribution in [2.45, 2.75) is 319 Å². The second kappa shape index (κ2) is 42.7. The molecule has 0 unspecified atom stereocenters. The number of benzene rings is 3. The Morgan fingerprint density at radius 3 is 1.55 bits per heavy atom. The molecule has 8 heterocycles. The summed E-state index contributed by atoms with van der Waals surface area (Å²) in [5.74, 6) is -0.0830. The van der Waals surface area contributed by atoms with E-state index in [0.29, 0.717) is 128 Å². The van der Waals surface area contributed by atoms with Gasteiger partial charge in [0.25, 0.3) is 0 Å². The van der Waals surface area contributed by atoms with E-state index in [1.807, 2.05) is 152 Å². The van der Waals surface area contributed by atoms with Crippen LogP contribution in [0.5, 0.6) is 34.9 Å². The van der Waals surface area contributed by atoms with E-state index in [1.165, 1.54) is 24.2 Å². The van der Waals surface area contributed by atoms with Crippen LogP contribution in [0.25, 0.3) is 45.3 Å². The molecule has 30 heteroatoms. The number of allylic oxidation sites excluding steroid dienone is 2. The Morgan fingerprint density at radius 1 is 0.521 bits per heavy atom. The number of hydrogen-bond acceptors (Lipinski definition) is 26. The minimum Gasteiger partial charge on any atom is -0.497 e. The number of esters is 5. The normalized spacial score (nSPS) is 30.3. The topological polar surface area (TPSA) is 362 Å². The number of fused-ring (bicyclic) bond motifs is 16. The number of aromatic nitrogens is 6. The van der Waals surface area contributed by atoms with Gasteiger partial charge in [0.1, 0.15) is 100 Å². The fourth-order valence-electron chi connectivity index (χ4n) is 23.5. The predicted molar refractivity (Wildman–Crippen MR) is 535 cm³/mol. The molecule has 142 heavy (non-hydrogen) atoms. The molecule has 3 aromatic heterocycles. The zero-order valence-corrected chi connectivity index (χ0v) is 87.2. The van der Waals surface area contributed by atoms with Gasteiger partial charge >= 0.3 is 35.8 Å². The smallest absolute Gasteiger partial charge is 0.329 e. The molecule has 3 saturated heterocycles. The van der Waals surface area contributed by atoms with Crippen LogP contribution in [-0.2, 0) is 73.3 Å². The number of carboxylic acid groups (broad SMARTS) is 1. The highest BCUT2D eigenvalue weighted by atomic mass is 16.6. The first-order valence-electron chi connectivity index (χ1n) is 51.8. The molecule has 6 aliphatic carbocycles. The van der Waals surface area contributed by atoms with Crippen LogP contribution in [0, 0.1) is 105 Å². The molecule has 3 aromatic carbocycles. The average molecular weight is 1960 g/mol. The third-order valence-electron chi connectivity index (χ3n) is 31.6. The minimum absolute atomic E-state index is 0.0524. The Balaban J connectivity index is 0.000000161. The average Bonchev–Trinajstić information content (AvgIpc) is 1.54. The fraction of sp³-hybridized carbons (Fsp3) is 0.652. The van der Waals surface area contributed by atoms with Crippen molar-refractivity contribution in [3.8, 4) is 34.9 Å². The summed E-state index contributed by atoms with van der Waals surface area (Å²) in [6.45, 7) is 41.8. The zero-order valence-electron chi connectivity index (χ0n) is 87.2. The Hall–Kier alpha value is -11.1. The minimum atomic E-state index is -1.10. The van der Waals surface area contributed by atoms with Crippen LogP contribution in [0.15, 0.2) is 79.9 Å². The van der Waals surface area contributed by atoms with Gasteiger partial charge < -0.3 is 71.9 Å². The molecule has 0 radical (unpaired) electrons. The van der Waals surface area contributed by atoms with Crippen molar-refractivity contribution in [1.82, 2.24) is 44.6 Å². The summed E-state index contributed by atoms with van der Waals surface area (Å²) in [7, 11) is 4.78. The van der Waals surface area contributed by atoms with Crippen molar-refractivity contribution < 1.29 is 100 Å². The van der Waals surface area contributed by atoms with Crippen LogP contribution in [0.3, 0.4) is 0 Å². The maximum Gasteiger partial charge on any atom is 0.329 e. The highest BCUT2D eigenvalue weighted by Crippen LogP contribution is 2.61. The van der Waals surface area contributed by atoms with Crippen LogP contribution in [0.1, 0.15) is 264 Å². The molecule has 0 spiro atoms. The number of rotatable bonds is 17. The van der Waals surface area contributed by atoms with E-state index in [2.05, 4.69) is 24.2 Å². The molecule has 1 N–H and O–H groups in total. The second-order valence-electron chi connectivity index (χ2n) is 47.1. The summed E-state index contributed by atoms with van der Waals surface area (Å²) in [5, 5.41) is 10.3. The van der Waals surface area contributed by atoms with E-state index in [1.54, 1.807) is 77.0 Å². The maximum absolute atomic E-state index is 14.6. The predicted octanol–water partition coefficient (Wildman–Crippen LogP) is 18.6. The third-order valence-corrected chi connectivity index (χ3v) is 31.6. The van der Waals surface area contributed by atoms with Gasteiger partial charge in [0.2, 0.25) is 35.4 Å². The van der Waals surface area contributed by atoms with Gasteiger partial charge in [-0.3, -0.25) is 28.8 Å². The van der Waals surface area contributed by atoms with Crippen LogP contribution in [-0.4, -0.2) is 210 Å². The first-order chi connectivity index (χ1) is 67.1. The van der Waals surface area contributed by atoms with Gasteiger partial charge in [0.15, 0.2) is 0 Å². The number of ether oxygens (including phenoxy) is 11. The second-order valence-corrected chi connectivity index (χ2v) is 47.1. The number of unbranched alkanes of at least 4 members (excludes halogenated alkanes) is 1. The molecule has 9 fully saturated rings. The molecule has 24 atom stereocenters. The first kappa shape index (κ1) is 105. The number of nitrogens with zero attached hydrogens (tertiary/aromatic N) is 9. The van der Waals surface area contributed by atoms with Gasteiger partial charge in [0, 0.05) is 36.0 Å². The molecular formula is C112H151N9O21. The quantitative estimate of drug-likeness (QED) is 0.0383. The van der Waals surface area contributed by atoms with Crippen molar-refractivity contribution in [3.05, 3.63) is 97.0 Å². The molecule has 17 rings (SSSR count). The largest absolute Gasteiger partial charge is 0.497 e. The first-order valence-corrected chi connectivity index (χ1v) is 51.8. The van der Waals surface area contributed by atoms with E-state index in [9.17, 15) is 48.3 Å².